The normalized spacial score (nSPS) is 13.9. The van der Waals surface area contributed by atoms with Crippen LogP contribution in [0.4, 0.5) is 5.69 Å². The molecule has 1 N–H and O–H groups in total. The minimum absolute atomic E-state index is 0.0448. The average Bonchev–Trinajstić information content (AvgIpc) is 2.99. The van der Waals surface area contributed by atoms with E-state index in [2.05, 4.69) is 5.32 Å². The van der Waals surface area contributed by atoms with Crippen LogP contribution in [0.1, 0.15) is 25.8 Å². The van der Waals surface area contributed by atoms with E-state index in [4.69, 9.17) is 14.2 Å². The number of anilines is 1. The van der Waals surface area contributed by atoms with Gasteiger partial charge in [-0.1, -0.05) is 12.1 Å². The Morgan fingerprint density at radius 1 is 0.903 bits per heavy atom. The molecule has 0 aromatic heterocycles. The fourth-order valence-corrected chi connectivity index (χ4v) is 3.32. The predicted molar refractivity (Wildman–Crippen MR) is 119 cm³/mol. The number of carbonyl (C=O) groups is 2. The number of carbonyl (C=O) groups excluding carboxylic acids is 2. The summed E-state index contributed by atoms with van der Waals surface area (Å²) in [5.74, 6) is 0.734. The lowest BCUT2D eigenvalue weighted by molar-refractivity contribution is -0.136. The fraction of sp³-hybridized carbons (Fsp3) is 0.333. The highest BCUT2D eigenvalue weighted by atomic mass is 16.5. The highest BCUT2D eigenvalue weighted by Gasteiger charge is 2.38. The predicted octanol–water partition coefficient (Wildman–Crippen LogP) is 3.71. The first-order valence-corrected chi connectivity index (χ1v) is 10.2. The highest BCUT2D eigenvalue weighted by molar-refractivity contribution is 6.36. The van der Waals surface area contributed by atoms with Crippen molar-refractivity contribution >= 4 is 23.1 Å². The lowest BCUT2D eigenvalue weighted by Crippen LogP contribution is -2.33. The van der Waals surface area contributed by atoms with Crippen molar-refractivity contribution in [3.63, 3.8) is 0 Å². The Morgan fingerprint density at radius 3 is 2.13 bits per heavy atom. The van der Waals surface area contributed by atoms with E-state index in [0.29, 0.717) is 41.4 Å². The maximum Gasteiger partial charge on any atom is 0.278 e. The Kier molecular flexibility index (Phi) is 7.31. The minimum Gasteiger partial charge on any atom is -0.497 e. The van der Waals surface area contributed by atoms with E-state index in [1.165, 1.54) is 4.90 Å². The number of amides is 2. The van der Waals surface area contributed by atoms with Crippen LogP contribution in [-0.2, 0) is 14.3 Å². The van der Waals surface area contributed by atoms with E-state index in [9.17, 15) is 9.59 Å². The van der Waals surface area contributed by atoms with Crippen LogP contribution in [0.5, 0.6) is 11.5 Å². The molecule has 0 fully saturated rings. The lowest BCUT2D eigenvalue weighted by atomic mass is 10.0. The zero-order valence-corrected chi connectivity index (χ0v) is 18.3. The Morgan fingerprint density at radius 2 is 1.55 bits per heavy atom. The molecule has 0 saturated carbocycles. The smallest absolute Gasteiger partial charge is 0.278 e. The first-order valence-electron chi connectivity index (χ1n) is 10.2. The molecule has 164 valence electrons. The van der Waals surface area contributed by atoms with E-state index >= 15 is 0 Å². The number of rotatable bonds is 10. The first kappa shape index (κ1) is 22.4. The molecule has 3 rings (SSSR count). The molecule has 1 aliphatic rings. The van der Waals surface area contributed by atoms with Crippen LogP contribution < -0.4 is 14.8 Å². The zero-order chi connectivity index (χ0) is 22.4. The summed E-state index contributed by atoms with van der Waals surface area (Å²) in [4.78, 5) is 27.6. The lowest BCUT2D eigenvalue weighted by Gasteiger charge is -2.15. The molecule has 2 aromatic rings. The molecule has 0 saturated heterocycles. The quantitative estimate of drug-likeness (QED) is 0.463. The second kappa shape index (κ2) is 10.1. The largest absolute Gasteiger partial charge is 0.497 e. The number of ether oxygens (including phenoxy) is 3. The molecule has 0 radical (unpaired) electrons. The first-order chi connectivity index (χ1) is 14.9. The molecule has 2 aromatic carbocycles. The van der Waals surface area contributed by atoms with Crippen LogP contribution in [0.15, 0.2) is 54.2 Å². The van der Waals surface area contributed by atoms with Gasteiger partial charge in [0, 0.05) is 25.9 Å². The zero-order valence-electron chi connectivity index (χ0n) is 18.3. The number of hydrogen-bond acceptors (Lipinski definition) is 6. The molecule has 0 spiro atoms. The van der Waals surface area contributed by atoms with Crippen LogP contribution in [-0.4, -0.2) is 50.2 Å². The van der Waals surface area contributed by atoms with Gasteiger partial charge in [0.05, 0.1) is 18.8 Å². The van der Waals surface area contributed by atoms with Gasteiger partial charge in [-0.15, -0.1) is 0 Å². The van der Waals surface area contributed by atoms with E-state index in [0.717, 1.165) is 0 Å². The van der Waals surface area contributed by atoms with Gasteiger partial charge in [-0.05, 0) is 62.2 Å². The molecule has 7 nitrogen and oxygen atoms in total. The minimum atomic E-state index is -0.352. The summed E-state index contributed by atoms with van der Waals surface area (Å²) in [7, 11) is 3.18. The molecule has 0 atom stereocenters. The van der Waals surface area contributed by atoms with Crippen molar-refractivity contribution in [3.8, 4) is 11.5 Å². The number of hydrogen-bond donors (Lipinski definition) is 1. The summed E-state index contributed by atoms with van der Waals surface area (Å²) in [6.07, 6.45) is 0.612. The highest BCUT2D eigenvalue weighted by Crippen LogP contribution is 2.32. The van der Waals surface area contributed by atoms with Crippen molar-refractivity contribution in [3.05, 3.63) is 59.8 Å². The summed E-state index contributed by atoms with van der Waals surface area (Å²) in [5.41, 5.74) is 1.94. The summed E-state index contributed by atoms with van der Waals surface area (Å²) in [6.45, 7) is 4.65. The van der Waals surface area contributed by atoms with Crippen molar-refractivity contribution in [1.29, 1.82) is 0 Å². The topological polar surface area (TPSA) is 77.1 Å². The third-order valence-electron chi connectivity index (χ3n) is 4.77. The SMILES string of the molecule is COCCCN1C(=O)C(Nc2ccc(OC)cc2)=C(c2ccc(OC(C)C)cc2)C1=O. The monoisotopic (exact) mass is 424 g/mol. The number of nitrogens with one attached hydrogen (secondary N) is 1. The standard InChI is InChI=1S/C24H28N2O5/c1-16(2)31-20-10-6-17(7-11-20)21-22(25-18-8-12-19(30-4)13-9-18)24(28)26(23(21)27)14-5-15-29-3/h6-13,16,25H,5,14-15H2,1-4H3. The van der Waals surface area contributed by atoms with Gasteiger partial charge in [-0.3, -0.25) is 14.5 Å². The van der Waals surface area contributed by atoms with Crippen LogP contribution in [0.25, 0.3) is 5.57 Å². The van der Waals surface area contributed by atoms with E-state index in [1.807, 2.05) is 13.8 Å². The molecular weight excluding hydrogens is 396 g/mol. The van der Waals surface area contributed by atoms with Crippen LogP contribution >= 0.6 is 0 Å². The number of imide groups is 1. The van der Waals surface area contributed by atoms with Gasteiger partial charge in [-0.25, -0.2) is 0 Å². The van der Waals surface area contributed by atoms with Crippen molar-refractivity contribution < 1.29 is 23.8 Å². The summed E-state index contributed by atoms with van der Waals surface area (Å²) in [6, 6.07) is 14.4. The fourth-order valence-electron chi connectivity index (χ4n) is 3.32. The van der Waals surface area contributed by atoms with Gasteiger partial charge < -0.3 is 19.5 Å². The van der Waals surface area contributed by atoms with Crippen LogP contribution in [0, 0.1) is 0 Å². The maximum absolute atomic E-state index is 13.2. The Bertz CT molecular complexity index is 949. The van der Waals surface area contributed by atoms with Crippen molar-refractivity contribution in [2.24, 2.45) is 0 Å². The third-order valence-corrected chi connectivity index (χ3v) is 4.77. The van der Waals surface area contributed by atoms with Gasteiger partial charge in [0.1, 0.15) is 17.2 Å². The van der Waals surface area contributed by atoms with Crippen molar-refractivity contribution in [2.75, 3.05) is 32.7 Å². The number of benzene rings is 2. The van der Waals surface area contributed by atoms with Crippen molar-refractivity contribution in [1.82, 2.24) is 4.90 Å². The van der Waals surface area contributed by atoms with E-state index < -0.39 is 0 Å². The molecule has 2 amide bonds. The molecule has 1 aliphatic heterocycles. The molecule has 31 heavy (non-hydrogen) atoms. The molecule has 0 aliphatic carbocycles. The van der Waals surface area contributed by atoms with Gasteiger partial charge in [0.2, 0.25) is 0 Å². The molecule has 0 bridgehead atoms. The molecule has 0 unspecified atom stereocenters. The van der Waals surface area contributed by atoms with Crippen LogP contribution in [0.2, 0.25) is 0 Å². The Hall–Kier alpha value is -3.32. The Balaban J connectivity index is 1.94. The van der Waals surface area contributed by atoms with Gasteiger partial charge >= 0.3 is 0 Å². The van der Waals surface area contributed by atoms with Gasteiger partial charge in [0.25, 0.3) is 11.8 Å². The summed E-state index contributed by atoms with van der Waals surface area (Å²) < 4.78 is 15.9. The molecular formula is C24H28N2O5. The number of nitrogens with zero attached hydrogens (tertiary/aromatic N) is 1. The summed E-state index contributed by atoms with van der Waals surface area (Å²) in [5, 5.41) is 3.14. The second-order valence-corrected chi connectivity index (χ2v) is 7.40. The van der Waals surface area contributed by atoms with Gasteiger partial charge in [-0.2, -0.15) is 0 Å². The maximum atomic E-state index is 13.2. The molecule has 1 heterocycles. The van der Waals surface area contributed by atoms with E-state index in [-0.39, 0.29) is 30.2 Å². The average molecular weight is 424 g/mol. The third kappa shape index (κ3) is 5.24. The second-order valence-electron chi connectivity index (χ2n) is 7.40. The number of methoxy groups -OCH3 is 2. The Labute approximate surface area is 182 Å². The van der Waals surface area contributed by atoms with Crippen LogP contribution in [0.3, 0.4) is 0 Å². The van der Waals surface area contributed by atoms with E-state index in [1.54, 1.807) is 62.8 Å². The van der Waals surface area contributed by atoms with Gasteiger partial charge in [0.15, 0.2) is 0 Å². The molecule has 7 heteroatoms. The summed E-state index contributed by atoms with van der Waals surface area (Å²) >= 11 is 0. The van der Waals surface area contributed by atoms with Crippen molar-refractivity contribution in [2.45, 2.75) is 26.4 Å².